The zero-order valence-electron chi connectivity index (χ0n) is 17.8. The first-order valence-electron chi connectivity index (χ1n) is 10.3. The molecule has 0 aliphatic carbocycles. The van der Waals surface area contributed by atoms with Gasteiger partial charge in [0.05, 0.1) is 31.3 Å². The highest BCUT2D eigenvalue weighted by atomic mass is 16.6. The lowest BCUT2D eigenvalue weighted by Crippen LogP contribution is -2.51. The van der Waals surface area contributed by atoms with Crippen molar-refractivity contribution in [3.63, 3.8) is 0 Å². The number of aryl methyl sites for hydroxylation is 1. The number of nitrogens with zero attached hydrogens (tertiary/aromatic N) is 5. The molecule has 166 valence electrons. The van der Waals surface area contributed by atoms with Crippen LogP contribution in [0.1, 0.15) is 35.3 Å². The second-order valence-corrected chi connectivity index (χ2v) is 7.17. The van der Waals surface area contributed by atoms with Gasteiger partial charge in [-0.2, -0.15) is 0 Å². The summed E-state index contributed by atoms with van der Waals surface area (Å²) in [6.45, 7) is 6.05. The standard InChI is InChI=1S/C21H27N5O5/c1-3-30-21(29)25-10-8-24(9-11-25)19(27)6-7-26(15-17-5-4-12-31-17)20(28)18-14-22-16(2)13-23-18/h4-5,12-14H,3,6-11,15H2,1-2H3. The maximum Gasteiger partial charge on any atom is 0.409 e. The Labute approximate surface area is 180 Å². The molecule has 2 aromatic rings. The minimum absolute atomic E-state index is 0.0734. The van der Waals surface area contributed by atoms with Gasteiger partial charge in [0.25, 0.3) is 5.91 Å². The molecule has 1 fully saturated rings. The van der Waals surface area contributed by atoms with E-state index in [1.54, 1.807) is 35.8 Å². The van der Waals surface area contributed by atoms with Crippen LogP contribution in [0.15, 0.2) is 35.2 Å². The van der Waals surface area contributed by atoms with Crippen LogP contribution >= 0.6 is 0 Å². The number of carbonyl (C=O) groups is 3. The Hall–Kier alpha value is -3.43. The molecule has 1 aliphatic rings. The molecular formula is C21H27N5O5. The monoisotopic (exact) mass is 429 g/mol. The number of amides is 3. The number of furan rings is 1. The highest BCUT2D eigenvalue weighted by Crippen LogP contribution is 2.12. The number of rotatable bonds is 7. The third-order valence-electron chi connectivity index (χ3n) is 4.97. The number of ether oxygens (including phenoxy) is 1. The SMILES string of the molecule is CCOC(=O)N1CCN(C(=O)CCN(Cc2ccco2)C(=O)c2cnc(C)cn2)CC1. The van der Waals surface area contributed by atoms with Crippen molar-refractivity contribution in [3.05, 3.63) is 47.9 Å². The smallest absolute Gasteiger partial charge is 0.409 e. The highest BCUT2D eigenvalue weighted by molar-refractivity contribution is 5.92. The van der Waals surface area contributed by atoms with Crippen LogP contribution in [0.4, 0.5) is 4.79 Å². The number of aromatic nitrogens is 2. The highest BCUT2D eigenvalue weighted by Gasteiger charge is 2.26. The van der Waals surface area contributed by atoms with Crippen molar-refractivity contribution in [2.24, 2.45) is 0 Å². The summed E-state index contributed by atoms with van der Waals surface area (Å²) in [5.41, 5.74) is 0.930. The molecule has 0 spiro atoms. The van der Waals surface area contributed by atoms with E-state index < -0.39 is 0 Å². The van der Waals surface area contributed by atoms with Gasteiger partial charge in [-0.3, -0.25) is 14.6 Å². The molecular weight excluding hydrogens is 402 g/mol. The van der Waals surface area contributed by atoms with Gasteiger partial charge in [0.15, 0.2) is 0 Å². The fraction of sp³-hybridized carbons (Fsp3) is 0.476. The van der Waals surface area contributed by atoms with Crippen molar-refractivity contribution in [2.45, 2.75) is 26.8 Å². The summed E-state index contributed by atoms with van der Waals surface area (Å²) in [6, 6.07) is 3.52. The minimum Gasteiger partial charge on any atom is -0.467 e. The Bertz CT molecular complexity index is 876. The maximum atomic E-state index is 12.9. The van der Waals surface area contributed by atoms with E-state index in [-0.39, 0.29) is 43.1 Å². The lowest BCUT2D eigenvalue weighted by atomic mass is 10.2. The summed E-state index contributed by atoms with van der Waals surface area (Å²) in [6.07, 6.45) is 4.31. The van der Waals surface area contributed by atoms with Crippen LogP contribution in [0.5, 0.6) is 0 Å². The van der Waals surface area contributed by atoms with E-state index in [9.17, 15) is 14.4 Å². The van der Waals surface area contributed by atoms with Crippen molar-refractivity contribution >= 4 is 17.9 Å². The molecule has 10 nitrogen and oxygen atoms in total. The lowest BCUT2D eigenvalue weighted by Gasteiger charge is -2.34. The molecule has 2 aromatic heterocycles. The fourth-order valence-electron chi connectivity index (χ4n) is 3.25. The molecule has 0 N–H and O–H groups in total. The molecule has 0 saturated carbocycles. The van der Waals surface area contributed by atoms with Gasteiger partial charge < -0.3 is 23.9 Å². The Kier molecular flexibility index (Phi) is 7.58. The predicted octanol–water partition coefficient (Wildman–Crippen LogP) is 1.71. The van der Waals surface area contributed by atoms with Crippen molar-refractivity contribution in [2.75, 3.05) is 39.3 Å². The molecule has 1 aliphatic heterocycles. The van der Waals surface area contributed by atoms with Crippen molar-refractivity contribution in [1.29, 1.82) is 0 Å². The maximum absolute atomic E-state index is 12.9. The van der Waals surface area contributed by atoms with Crippen LogP contribution in [0.25, 0.3) is 0 Å². The Balaban J connectivity index is 1.58. The molecule has 0 bridgehead atoms. The minimum atomic E-state index is -0.357. The van der Waals surface area contributed by atoms with Crippen LogP contribution in [0, 0.1) is 6.92 Å². The number of hydrogen-bond donors (Lipinski definition) is 0. The summed E-state index contributed by atoms with van der Waals surface area (Å²) in [4.78, 5) is 50.6. The van der Waals surface area contributed by atoms with E-state index in [1.807, 2.05) is 0 Å². The average molecular weight is 429 g/mol. The fourth-order valence-corrected chi connectivity index (χ4v) is 3.25. The number of hydrogen-bond acceptors (Lipinski definition) is 7. The van der Waals surface area contributed by atoms with E-state index in [1.165, 1.54) is 23.6 Å². The molecule has 0 aromatic carbocycles. The van der Waals surface area contributed by atoms with Gasteiger partial charge in [-0.25, -0.2) is 9.78 Å². The van der Waals surface area contributed by atoms with Crippen molar-refractivity contribution in [3.8, 4) is 0 Å². The Morgan fingerprint density at radius 3 is 2.48 bits per heavy atom. The summed E-state index contributed by atoms with van der Waals surface area (Å²) < 4.78 is 10.4. The lowest BCUT2D eigenvalue weighted by molar-refractivity contribution is -0.133. The summed E-state index contributed by atoms with van der Waals surface area (Å²) >= 11 is 0. The van der Waals surface area contributed by atoms with Gasteiger partial charge in [-0.15, -0.1) is 0 Å². The molecule has 0 unspecified atom stereocenters. The van der Waals surface area contributed by atoms with E-state index in [0.717, 1.165) is 0 Å². The summed E-state index contributed by atoms with van der Waals surface area (Å²) in [7, 11) is 0. The number of carbonyl (C=O) groups excluding carboxylic acids is 3. The van der Waals surface area contributed by atoms with E-state index in [0.29, 0.717) is 44.2 Å². The van der Waals surface area contributed by atoms with Gasteiger partial charge >= 0.3 is 6.09 Å². The Morgan fingerprint density at radius 1 is 1.13 bits per heavy atom. The molecule has 3 rings (SSSR count). The number of piperazine rings is 1. The molecule has 10 heteroatoms. The third-order valence-corrected chi connectivity index (χ3v) is 4.97. The molecule has 0 radical (unpaired) electrons. The summed E-state index contributed by atoms with van der Waals surface area (Å²) in [5.74, 6) is 0.225. The van der Waals surface area contributed by atoms with E-state index >= 15 is 0 Å². The molecule has 1 saturated heterocycles. The van der Waals surface area contributed by atoms with Crippen molar-refractivity contribution in [1.82, 2.24) is 24.7 Å². The third kappa shape index (κ3) is 6.03. The first-order valence-corrected chi connectivity index (χ1v) is 10.3. The second-order valence-electron chi connectivity index (χ2n) is 7.17. The zero-order valence-corrected chi connectivity index (χ0v) is 17.8. The van der Waals surface area contributed by atoms with Gasteiger partial charge in [-0.1, -0.05) is 0 Å². The quantitative estimate of drug-likeness (QED) is 0.659. The van der Waals surface area contributed by atoms with Gasteiger partial charge in [0.1, 0.15) is 11.5 Å². The van der Waals surface area contributed by atoms with Crippen LogP contribution < -0.4 is 0 Å². The topological polar surface area (TPSA) is 109 Å². The predicted molar refractivity (Wildman–Crippen MR) is 110 cm³/mol. The van der Waals surface area contributed by atoms with Gasteiger partial charge in [0, 0.05) is 45.3 Å². The summed E-state index contributed by atoms with van der Waals surface area (Å²) in [5, 5.41) is 0. The van der Waals surface area contributed by atoms with Crippen LogP contribution in [0.2, 0.25) is 0 Å². The van der Waals surface area contributed by atoms with Gasteiger partial charge in [0.2, 0.25) is 5.91 Å². The zero-order chi connectivity index (χ0) is 22.2. The first-order chi connectivity index (χ1) is 15.0. The second kappa shape index (κ2) is 10.6. The van der Waals surface area contributed by atoms with Crippen LogP contribution in [-0.4, -0.2) is 81.9 Å². The molecule has 3 amide bonds. The first kappa shape index (κ1) is 22.3. The van der Waals surface area contributed by atoms with E-state index in [4.69, 9.17) is 9.15 Å². The molecule has 31 heavy (non-hydrogen) atoms. The molecule has 0 atom stereocenters. The van der Waals surface area contributed by atoms with Crippen molar-refractivity contribution < 1.29 is 23.5 Å². The largest absolute Gasteiger partial charge is 0.467 e. The van der Waals surface area contributed by atoms with Gasteiger partial charge in [-0.05, 0) is 26.0 Å². The normalized spacial score (nSPS) is 13.7. The van der Waals surface area contributed by atoms with Crippen LogP contribution in [0.3, 0.4) is 0 Å². The van der Waals surface area contributed by atoms with E-state index in [2.05, 4.69) is 9.97 Å². The Morgan fingerprint density at radius 2 is 1.87 bits per heavy atom. The molecule has 3 heterocycles. The van der Waals surface area contributed by atoms with Crippen LogP contribution in [-0.2, 0) is 16.1 Å². The average Bonchev–Trinajstić information content (AvgIpc) is 3.30.